The van der Waals surface area contributed by atoms with Gasteiger partial charge < -0.3 is 0 Å². The van der Waals surface area contributed by atoms with Crippen LogP contribution >= 0.6 is 34.7 Å². The molecule has 0 aliphatic heterocycles. The van der Waals surface area contributed by atoms with Crippen molar-refractivity contribution in [2.24, 2.45) is 5.84 Å². The van der Waals surface area contributed by atoms with E-state index in [1.165, 1.54) is 23.1 Å². The van der Waals surface area contributed by atoms with Crippen molar-refractivity contribution >= 4 is 39.8 Å². The summed E-state index contributed by atoms with van der Waals surface area (Å²) in [6.07, 6.45) is 1.71. The van der Waals surface area contributed by atoms with Gasteiger partial charge in [-0.25, -0.2) is 10.8 Å². The van der Waals surface area contributed by atoms with Crippen molar-refractivity contribution in [2.75, 3.05) is 5.43 Å². The maximum absolute atomic E-state index is 5.97. The number of pyridine rings is 1. The molecule has 0 aliphatic carbocycles. The van der Waals surface area contributed by atoms with Crippen LogP contribution in [0.5, 0.6) is 0 Å². The summed E-state index contributed by atoms with van der Waals surface area (Å²) in [7, 11) is 0. The fraction of sp³-hybridized carbons (Fsp3) is 0.125. The first-order valence-electron chi connectivity index (χ1n) is 4.32. The topological polar surface area (TPSA) is 76.7 Å². The third-order valence-electron chi connectivity index (χ3n) is 1.65. The highest BCUT2D eigenvalue weighted by Crippen LogP contribution is 2.28. The quantitative estimate of drug-likeness (QED) is 0.505. The van der Waals surface area contributed by atoms with Crippen LogP contribution in [0.15, 0.2) is 23.4 Å². The Labute approximate surface area is 105 Å². The third-order valence-corrected chi connectivity index (χ3v) is 4.12. The fourth-order valence-corrected chi connectivity index (χ4v) is 2.78. The summed E-state index contributed by atoms with van der Waals surface area (Å²) in [6, 6.07) is 3.61. The average Bonchev–Trinajstić information content (AvgIpc) is 2.76. The van der Waals surface area contributed by atoms with Gasteiger partial charge in [0.25, 0.3) is 0 Å². The molecular formula is C8H8ClN5S2. The number of anilines is 1. The molecule has 2 aromatic rings. The minimum atomic E-state index is 0.600. The normalized spacial score (nSPS) is 10.4. The first-order valence-corrected chi connectivity index (χ1v) is 6.50. The monoisotopic (exact) mass is 273 g/mol. The van der Waals surface area contributed by atoms with Crippen LogP contribution in [0.3, 0.4) is 0 Å². The number of nitrogens with zero attached hydrogens (tertiary/aromatic N) is 3. The predicted octanol–water partition coefficient (Wildman–Crippen LogP) is 2.16. The molecule has 0 radical (unpaired) electrons. The van der Waals surface area contributed by atoms with E-state index in [1.807, 2.05) is 6.07 Å². The SMILES string of the molecule is NNc1nnc(CSc2ncccc2Cl)s1. The molecule has 0 unspecified atom stereocenters. The van der Waals surface area contributed by atoms with Crippen LogP contribution in [0, 0.1) is 0 Å². The molecule has 0 spiro atoms. The second kappa shape index (κ2) is 5.44. The van der Waals surface area contributed by atoms with Crippen molar-refractivity contribution in [2.45, 2.75) is 10.8 Å². The lowest BCUT2D eigenvalue weighted by atomic mass is 10.5. The maximum Gasteiger partial charge on any atom is 0.219 e. The molecule has 0 atom stereocenters. The lowest BCUT2D eigenvalue weighted by Gasteiger charge is -1.99. The Morgan fingerprint density at radius 1 is 1.50 bits per heavy atom. The summed E-state index contributed by atoms with van der Waals surface area (Å²) in [4.78, 5) is 4.17. The van der Waals surface area contributed by atoms with Gasteiger partial charge in [0.2, 0.25) is 5.13 Å². The molecule has 2 aromatic heterocycles. The Morgan fingerprint density at radius 2 is 2.38 bits per heavy atom. The van der Waals surface area contributed by atoms with E-state index in [-0.39, 0.29) is 0 Å². The van der Waals surface area contributed by atoms with Gasteiger partial charge in [-0.15, -0.1) is 10.2 Å². The number of hydrogen-bond acceptors (Lipinski definition) is 7. The summed E-state index contributed by atoms with van der Waals surface area (Å²) < 4.78 is 0. The number of hydrogen-bond donors (Lipinski definition) is 2. The van der Waals surface area contributed by atoms with Gasteiger partial charge in [0, 0.05) is 6.20 Å². The largest absolute Gasteiger partial charge is 0.298 e. The second-order valence-electron chi connectivity index (χ2n) is 2.72. The predicted molar refractivity (Wildman–Crippen MR) is 66.5 cm³/mol. The first kappa shape index (κ1) is 11.6. The first-order chi connectivity index (χ1) is 7.79. The van der Waals surface area contributed by atoms with E-state index in [2.05, 4.69) is 20.6 Å². The van der Waals surface area contributed by atoms with Gasteiger partial charge in [0.1, 0.15) is 10.0 Å². The fourth-order valence-electron chi connectivity index (χ4n) is 0.978. The molecule has 84 valence electrons. The molecule has 0 bridgehead atoms. The van der Waals surface area contributed by atoms with Crippen LogP contribution in [0.4, 0.5) is 5.13 Å². The minimum Gasteiger partial charge on any atom is -0.298 e. The van der Waals surface area contributed by atoms with Crippen LogP contribution < -0.4 is 11.3 Å². The zero-order chi connectivity index (χ0) is 11.4. The van der Waals surface area contributed by atoms with Gasteiger partial charge in [-0.1, -0.05) is 34.7 Å². The van der Waals surface area contributed by atoms with E-state index < -0.39 is 0 Å². The van der Waals surface area contributed by atoms with Crippen LogP contribution in [-0.4, -0.2) is 15.2 Å². The molecule has 8 heteroatoms. The summed E-state index contributed by atoms with van der Waals surface area (Å²) in [5, 5.41) is 10.7. The van der Waals surface area contributed by atoms with Gasteiger partial charge in [-0.2, -0.15) is 0 Å². The Bertz CT molecular complexity index is 475. The number of halogens is 1. The second-order valence-corrected chi connectivity index (χ2v) is 5.16. The summed E-state index contributed by atoms with van der Waals surface area (Å²) in [6.45, 7) is 0. The molecule has 2 heterocycles. The van der Waals surface area contributed by atoms with Crippen molar-refractivity contribution in [3.63, 3.8) is 0 Å². The molecule has 5 nitrogen and oxygen atoms in total. The standard InChI is InChI=1S/C8H8ClN5S2/c9-5-2-1-3-11-7(5)15-4-6-13-14-8(12-10)16-6/h1-3H,4,10H2,(H,12,14). The van der Waals surface area contributed by atoms with E-state index >= 15 is 0 Å². The van der Waals surface area contributed by atoms with Gasteiger partial charge in [0.05, 0.1) is 10.8 Å². The summed E-state index contributed by atoms with van der Waals surface area (Å²) in [5.74, 6) is 5.89. The molecule has 0 fully saturated rings. The number of nitrogens with two attached hydrogens (primary N) is 1. The van der Waals surface area contributed by atoms with Crippen LogP contribution in [0.2, 0.25) is 5.02 Å². The zero-order valence-corrected chi connectivity index (χ0v) is 10.4. The van der Waals surface area contributed by atoms with E-state index in [9.17, 15) is 0 Å². The highest BCUT2D eigenvalue weighted by Gasteiger charge is 2.06. The zero-order valence-electron chi connectivity index (χ0n) is 8.05. The van der Waals surface area contributed by atoms with Gasteiger partial charge >= 0.3 is 0 Å². The summed E-state index contributed by atoms with van der Waals surface area (Å²) >= 11 is 8.90. The van der Waals surface area contributed by atoms with Crippen LogP contribution in [0.25, 0.3) is 0 Å². The van der Waals surface area contributed by atoms with Gasteiger partial charge in [-0.05, 0) is 12.1 Å². The molecule has 16 heavy (non-hydrogen) atoms. The Kier molecular flexibility index (Phi) is 3.94. The number of thioether (sulfide) groups is 1. The molecule has 2 rings (SSSR count). The number of aromatic nitrogens is 3. The average molecular weight is 274 g/mol. The Balaban J connectivity index is 1.99. The van der Waals surface area contributed by atoms with Crippen molar-refractivity contribution < 1.29 is 0 Å². The molecule has 0 aliphatic rings. The molecule has 0 amide bonds. The van der Waals surface area contributed by atoms with Gasteiger partial charge in [0.15, 0.2) is 0 Å². The van der Waals surface area contributed by atoms with Crippen molar-refractivity contribution in [1.29, 1.82) is 0 Å². The maximum atomic E-state index is 5.97. The Hall–Kier alpha value is -0.890. The summed E-state index contributed by atoms with van der Waals surface area (Å²) in [5.41, 5.74) is 2.45. The van der Waals surface area contributed by atoms with Crippen molar-refractivity contribution in [3.8, 4) is 0 Å². The third kappa shape index (κ3) is 2.82. The smallest absolute Gasteiger partial charge is 0.219 e. The Morgan fingerprint density at radius 3 is 3.06 bits per heavy atom. The van der Waals surface area contributed by atoms with Crippen LogP contribution in [-0.2, 0) is 5.75 Å². The highest BCUT2D eigenvalue weighted by atomic mass is 35.5. The van der Waals surface area contributed by atoms with E-state index in [0.717, 1.165) is 10.0 Å². The van der Waals surface area contributed by atoms with E-state index in [0.29, 0.717) is 15.9 Å². The lowest BCUT2D eigenvalue weighted by molar-refractivity contribution is 1.03. The van der Waals surface area contributed by atoms with Crippen molar-refractivity contribution in [3.05, 3.63) is 28.4 Å². The minimum absolute atomic E-state index is 0.600. The highest BCUT2D eigenvalue weighted by molar-refractivity contribution is 7.98. The molecule has 0 saturated carbocycles. The van der Waals surface area contributed by atoms with E-state index in [1.54, 1.807) is 12.3 Å². The lowest BCUT2D eigenvalue weighted by Crippen LogP contribution is -2.05. The molecule has 3 N–H and O–H groups in total. The van der Waals surface area contributed by atoms with E-state index in [4.69, 9.17) is 17.4 Å². The molecular weight excluding hydrogens is 266 g/mol. The molecule has 0 saturated heterocycles. The number of hydrazine groups is 1. The van der Waals surface area contributed by atoms with Crippen molar-refractivity contribution in [1.82, 2.24) is 15.2 Å². The molecule has 0 aromatic carbocycles. The number of nitrogens with one attached hydrogen (secondary N) is 1. The van der Waals surface area contributed by atoms with Crippen LogP contribution in [0.1, 0.15) is 5.01 Å². The van der Waals surface area contributed by atoms with Gasteiger partial charge in [-0.3, -0.25) is 5.43 Å². The number of rotatable bonds is 4. The number of nitrogen functional groups attached to an aromatic ring is 1.